The molecule has 0 unspecified atom stereocenters. The van der Waals surface area contributed by atoms with Crippen molar-refractivity contribution in [2.24, 2.45) is 5.41 Å². The number of aromatic nitrogens is 3. The Labute approximate surface area is 153 Å². The minimum absolute atomic E-state index is 0.0324. The molecular weight excluding hydrogens is 334 g/mol. The molecule has 1 fully saturated rings. The zero-order chi connectivity index (χ0) is 18.7. The lowest BCUT2D eigenvalue weighted by Gasteiger charge is -2.35. The van der Waals surface area contributed by atoms with E-state index in [9.17, 15) is 4.79 Å². The molecule has 3 rings (SSSR count). The monoisotopic (exact) mass is 359 g/mol. The van der Waals surface area contributed by atoms with Crippen LogP contribution in [0.1, 0.15) is 26.7 Å². The van der Waals surface area contributed by atoms with E-state index in [1.165, 1.54) is 0 Å². The van der Waals surface area contributed by atoms with E-state index in [2.05, 4.69) is 20.0 Å². The van der Waals surface area contributed by atoms with Gasteiger partial charge < -0.3 is 19.1 Å². The Morgan fingerprint density at radius 3 is 2.62 bits per heavy atom. The van der Waals surface area contributed by atoms with Gasteiger partial charge in [-0.2, -0.15) is 4.98 Å². The summed E-state index contributed by atoms with van der Waals surface area (Å²) in [6.07, 6.45) is 1.49. The Balaban J connectivity index is 1.59. The second kappa shape index (κ2) is 7.31. The summed E-state index contributed by atoms with van der Waals surface area (Å²) in [4.78, 5) is 24.7. The molecule has 0 aromatic carbocycles. The summed E-state index contributed by atoms with van der Waals surface area (Å²) in [5.41, 5.74) is 0.828. The third-order valence-corrected chi connectivity index (χ3v) is 4.02. The van der Waals surface area contributed by atoms with Crippen LogP contribution in [0.2, 0.25) is 0 Å². The Hall–Kier alpha value is -2.64. The van der Waals surface area contributed by atoms with Crippen LogP contribution in [-0.4, -0.2) is 58.9 Å². The van der Waals surface area contributed by atoms with Gasteiger partial charge in [-0.25, -0.2) is 9.78 Å². The Kier molecular flexibility index (Phi) is 5.11. The molecule has 2 aromatic heterocycles. The first-order valence-electron chi connectivity index (χ1n) is 8.75. The van der Waals surface area contributed by atoms with Gasteiger partial charge in [-0.3, -0.25) is 0 Å². The summed E-state index contributed by atoms with van der Waals surface area (Å²) in [5.74, 6) is 1.92. The summed E-state index contributed by atoms with van der Waals surface area (Å²) < 4.78 is 10.4. The molecule has 0 radical (unpaired) electrons. The second-order valence-corrected chi connectivity index (χ2v) is 7.63. The van der Waals surface area contributed by atoms with Crippen molar-refractivity contribution >= 4 is 11.9 Å². The molecule has 1 saturated heterocycles. The van der Waals surface area contributed by atoms with Crippen LogP contribution in [0.15, 0.2) is 22.9 Å². The van der Waals surface area contributed by atoms with Crippen LogP contribution in [0.25, 0.3) is 11.4 Å². The summed E-state index contributed by atoms with van der Waals surface area (Å²) in [6.45, 7) is 10.9. The van der Waals surface area contributed by atoms with Crippen molar-refractivity contribution in [3.05, 3.63) is 24.2 Å². The van der Waals surface area contributed by atoms with Gasteiger partial charge in [0.1, 0.15) is 5.82 Å². The van der Waals surface area contributed by atoms with E-state index in [0.29, 0.717) is 44.5 Å². The maximum atomic E-state index is 12.2. The fourth-order valence-electron chi connectivity index (χ4n) is 2.63. The molecule has 0 aliphatic carbocycles. The fraction of sp³-hybridized carbons (Fsp3) is 0.556. The molecule has 0 bridgehead atoms. The lowest BCUT2D eigenvalue weighted by molar-refractivity contribution is 0.0707. The predicted molar refractivity (Wildman–Crippen MR) is 96.9 cm³/mol. The number of rotatable bonds is 3. The van der Waals surface area contributed by atoms with Gasteiger partial charge in [-0.1, -0.05) is 25.9 Å². The molecule has 3 heterocycles. The Morgan fingerprint density at radius 2 is 2.00 bits per heavy atom. The molecule has 0 atom stereocenters. The number of anilines is 1. The van der Waals surface area contributed by atoms with Crippen LogP contribution in [0, 0.1) is 12.3 Å². The number of pyridine rings is 1. The first-order chi connectivity index (χ1) is 12.3. The highest BCUT2D eigenvalue weighted by Crippen LogP contribution is 2.22. The van der Waals surface area contributed by atoms with Gasteiger partial charge in [0, 0.05) is 44.9 Å². The zero-order valence-corrected chi connectivity index (χ0v) is 15.7. The predicted octanol–water partition coefficient (Wildman–Crippen LogP) is 2.74. The molecule has 1 amide bonds. The lowest BCUT2D eigenvalue weighted by Crippen LogP contribution is -2.49. The zero-order valence-electron chi connectivity index (χ0n) is 15.7. The van der Waals surface area contributed by atoms with Crippen LogP contribution >= 0.6 is 0 Å². The molecule has 8 nitrogen and oxygen atoms in total. The largest absolute Gasteiger partial charge is 0.449 e. The molecule has 140 valence electrons. The summed E-state index contributed by atoms with van der Waals surface area (Å²) in [6, 6.07) is 3.80. The lowest BCUT2D eigenvalue weighted by atomic mass is 9.99. The van der Waals surface area contributed by atoms with Gasteiger partial charge in [0.05, 0.1) is 6.61 Å². The average Bonchev–Trinajstić information content (AvgIpc) is 3.06. The van der Waals surface area contributed by atoms with Crippen molar-refractivity contribution < 1.29 is 14.1 Å². The third-order valence-electron chi connectivity index (χ3n) is 4.02. The molecule has 1 aliphatic rings. The van der Waals surface area contributed by atoms with Crippen LogP contribution in [0.4, 0.5) is 10.6 Å². The minimum Gasteiger partial charge on any atom is -0.449 e. The molecule has 0 saturated carbocycles. The quantitative estimate of drug-likeness (QED) is 0.833. The molecule has 8 heteroatoms. The van der Waals surface area contributed by atoms with Crippen molar-refractivity contribution in [3.63, 3.8) is 0 Å². The highest BCUT2D eigenvalue weighted by atomic mass is 16.6. The van der Waals surface area contributed by atoms with Crippen LogP contribution in [0.3, 0.4) is 0 Å². The number of ether oxygens (including phenoxy) is 1. The van der Waals surface area contributed by atoms with Crippen molar-refractivity contribution in [2.45, 2.75) is 27.7 Å². The van der Waals surface area contributed by atoms with Gasteiger partial charge in [0.15, 0.2) is 0 Å². The number of hydrogen-bond acceptors (Lipinski definition) is 7. The number of piperazine rings is 1. The van der Waals surface area contributed by atoms with Crippen molar-refractivity contribution in [3.8, 4) is 11.4 Å². The number of aryl methyl sites for hydroxylation is 1. The molecule has 0 N–H and O–H groups in total. The van der Waals surface area contributed by atoms with Crippen LogP contribution in [0.5, 0.6) is 0 Å². The van der Waals surface area contributed by atoms with E-state index in [-0.39, 0.29) is 11.5 Å². The minimum atomic E-state index is -0.247. The third kappa shape index (κ3) is 4.50. The Bertz CT molecular complexity index is 760. The van der Waals surface area contributed by atoms with Crippen LogP contribution in [-0.2, 0) is 4.74 Å². The number of nitrogens with zero attached hydrogens (tertiary/aromatic N) is 5. The summed E-state index contributed by atoms with van der Waals surface area (Å²) >= 11 is 0. The van der Waals surface area contributed by atoms with Crippen LogP contribution < -0.4 is 4.90 Å². The first kappa shape index (κ1) is 18.2. The SMILES string of the molecule is Cc1nc(-c2ccnc(N3CCN(C(=O)OCC(C)(C)C)CC3)c2)no1. The molecule has 1 aliphatic heterocycles. The highest BCUT2D eigenvalue weighted by molar-refractivity contribution is 5.68. The maximum Gasteiger partial charge on any atom is 0.409 e. The molecular formula is C18H25N5O3. The van der Waals surface area contributed by atoms with E-state index >= 15 is 0 Å². The second-order valence-electron chi connectivity index (χ2n) is 7.63. The van der Waals surface area contributed by atoms with Crippen molar-refractivity contribution in [1.82, 2.24) is 20.0 Å². The number of carbonyl (C=O) groups is 1. The van der Waals surface area contributed by atoms with Gasteiger partial charge in [0.25, 0.3) is 0 Å². The summed E-state index contributed by atoms with van der Waals surface area (Å²) in [5, 5.41) is 3.95. The molecule has 26 heavy (non-hydrogen) atoms. The van der Waals surface area contributed by atoms with Gasteiger partial charge >= 0.3 is 6.09 Å². The topological polar surface area (TPSA) is 84.6 Å². The van der Waals surface area contributed by atoms with E-state index in [1.54, 1.807) is 18.0 Å². The number of carbonyl (C=O) groups excluding carboxylic acids is 1. The summed E-state index contributed by atoms with van der Waals surface area (Å²) in [7, 11) is 0. The van der Waals surface area contributed by atoms with E-state index in [1.807, 2.05) is 32.9 Å². The van der Waals surface area contributed by atoms with Crippen molar-refractivity contribution in [1.29, 1.82) is 0 Å². The fourth-order valence-corrected chi connectivity index (χ4v) is 2.63. The van der Waals surface area contributed by atoms with Gasteiger partial charge in [0.2, 0.25) is 11.7 Å². The van der Waals surface area contributed by atoms with Crippen molar-refractivity contribution in [2.75, 3.05) is 37.7 Å². The van der Waals surface area contributed by atoms with E-state index in [0.717, 1.165) is 11.4 Å². The molecule has 2 aromatic rings. The smallest absolute Gasteiger partial charge is 0.409 e. The number of amides is 1. The normalized spacial score (nSPS) is 15.2. The van der Waals surface area contributed by atoms with E-state index < -0.39 is 0 Å². The highest BCUT2D eigenvalue weighted by Gasteiger charge is 2.24. The van der Waals surface area contributed by atoms with Gasteiger partial charge in [-0.05, 0) is 17.5 Å². The standard InChI is InChI=1S/C18H25N5O3/c1-13-20-16(21-26-13)14-5-6-19-15(11-14)22-7-9-23(10-8-22)17(24)25-12-18(2,3)4/h5-6,11H,7-10,12H2,1-4H3. The molecule has 0 spiro atoms. The van der Waals surface area contributed by atoms with E-state index in [4.69, 9.17) is 9.26 Å². The maximum absolute atomic E-state index is 12.2. The Morgan fingerprint density at radius 1 is 1.27 bits per heavy atom. The van der Waals surface area contributed by atoms with Gasteiger partial charge in [-0.15, -0.1) is 0 Å². The number of hydrogen-bond donors (Lipinski definition) is 0. The first-order valence-corrected chi connectivity index (χ1v) is 8.75. The average molecular weight is 359 g/mol.